The van der Waals surface area contributed by atoms with Crippen molar-refractivity contribution in [2.24, 2.45) is 0 Å². The van der Waals surface area contributed by atoms with E-state index in [1.807, 2.05) is 6.26 Å². The normalized spacial score (nSPS) is 10.1. The van der Waals surface area contributed by atoms with Crippen molar-refractivity contribution < 1.29 is 14.7 Å². The largest absolute Gasteiger partial charge is 0.481 e. The lowest BCUT2D eigenvalue weighted by atomic mass is 10.2. The number of thioether (sulfide) groups is 1. The number of carboxylic acid groups (broad SMARTS) is 1. The second kappa shape index (κ2) is 6.90. The Kier molecular flexibility index (Phi) is 5.51. The average molecular weight is 268 g/mol. The Morgan fingerprint density at radius 2 is 2.06 bits per heavy atom. The smallest absolute Gasteiger partial charge is 0.305 e. The Bertz CT molecular complexity index is 437. The van der Waals surface area contributed by atoms with Crippen LogP contribution in [0.5, 0.6) is 0 Å². The number of benzene rings is 1. The van der Waals surface area contributed by atoms with Crippen molar-refractivity contribution >= 4 is 35.0 Å². The summed E-state index contributed by atoms with van der Waals surface area (Å²) in [5, 5.41) is 8.72. The van der Waals surface area contributed by atoms with Crippen molar-refractivity contribution in [3.63, 3.8) is 0 Å². The van der Waals surface area contributed by atoms with Crippen molar-refractivity contribution in [1.82, 2.24) is 0 Å². The molecule has 0 aliphatic carbocycles. The second-order valence-corrected chi connectivity index (χ2v) is 4.55. The number of carbonyl (C=O) groups excluding carboxylic acids is 1. The molecular formula is C12H16N2O3S. The van der Waals surface area contributed by atoms with Gasteiger partial charge in [-0.15, -0.1) is 0 Å². The van der Waals surface area contributed by atoms with E-state index in [4.69, 9.17) is 10.8 Å². The van der Waals surface area contributed by atoms with E-state index < -0.39 is 5.97 Å². The lowest BCUT2D eigenvalue weighted by molar-refractivity contribution is -0.136. The molecular weight excluding hydrogens is 252 g/mol. The van der Waals surface area contributed by atoms with E-state index in [9.17, 15) is 9.59 Å². The predicted octanol–water partition coefficient (Wildman–Crippen LogP) is 1.44. The maximum Gasteiger partial charge on any atom is 0.305 e. The van der Waals surface area contributed by atoms with Gasteiger partial charge in [0.2, 0.25) is 5.91 Å². The Balaban J connectivity index is 2.93. The Morgan fingerprint density at radius 3 is 2.61 bits per heavy atom. The Hall–Kier alpha value is -1.69. The molecule has 0 fully saturated rings. The summed E-state index contributed by atoms with van der Waals surface area (Å²) in [5.74, 6) is -0.776. The summed E-state index contributed by atoms with van der Waals surface area (Å²) in [7, 11) is 0. The van der Waals surface area contributed by atoms with E-state index in [2.05, 4.69) is 0 Å². The molecule has 18 heavy (non-hydrogen) atoms. The van der Waals surface area contributed by atoms with Crippen LogP contribution in [0.2, 0.25) is 0 Å². The SMILES string of the molecule is CSCC(=O)N(CCC(=O)O)c1ccccc1N. The van der Waals surface area contributed by atoms with E-state index in [1.54, 1.807) is 24.3 Å². The molecule has 0 radical (unpaired) electrons. The zero-order chi connectivity index (χ0) is 13.5. The minimum atomic E-state index is -0.938. The van der Waals surface area contributed by atoms with Gasteiger partial charge in [-0.1, -0.05) is 12.1 Å². The molecule has 0 saturated carbocycles. The molecule has 0 heterocycles. The van der Waals surface area contributed by atoms with Gasteiger partial charge in [0.1, 0.15) is 0 Å². The van der Waals surface area contributed by atoms with Gasteiger partial charge < -0.3 is 15.7 Å². The maximum absolute atomic E-state index is 12.0. The van der Waals surface area contributed by atoms with Crippen LogP contribution in [0.1, 0.15) is 6.42 Å². The van der Waals surface area contributed by atoms with E-state index in [0.29, 0.717) is 17.1 Å². The summed E-state index contributed by atoms with van der Waals surface area (Å²) < 4.78 is 0. The van der Waals surface area contributed by atoms with Crippen LogP contribution in [0.3, 0.4) is 0 Å². The van der Waals surface area contributed by atoms with Crippen molar-refractivity contribution in [3.05, 3.63) is 24.3 Å². The molecule has 5 nitrogen and oxygen atoms in total. The summed E-state index contributed by atoms with van der Waals surface area (Å²) in [6.45, 7) is 0.128. The number of hydrogen-bond acceptors (Lipinski definition) is 4. The molecule has 0 aliphatic rings. The van der Waals surface area contributed by atoms with Gasteiger partial charge in [0, 0.05) is 6.54 Å². The monoisotopic (exact) mass is 268 g/mol. The first-order valence-electron chi connectivity index (χ1n) is 5.42. The number of carbonyl (C=O) groups is 2. The van der Waals surface area contributed by atoms with Crippen molar-refractivity contribution in [2.75, 3.05) is 29.2 Å². The van der Waals surface area contributed by atoms with Crippen LogP contribution >= 0.6 is 11.8 Å². The van der Waals surface area contributed by atoms with Crippen molar-refractivity contribution in [2.45, 2.75) is 6.42 Å². The van der Waals surface area contributed by atoms with Crippen LogP contribution in [0, 0.1) is 0 Å². The molecule has 1 rings (SSSR count). The highest BCUT2D eigenvalue weighted by Crippen LogP contribution is 2.23. The second-order valence-electron chi connectivity index (χ2n) is 3.68. The van der Waals surface area contributed by atoms with Gasteiger partial charge in [-0.05, 0) is 18.4 Å². The van der Waals surface area contributed by atoms with Crippen LogP contribution < -0.4 is 10.6 Å². The molecule has 1 amide bonds. The summed E-state index contributed by atoms with van der Waals surface area (Å²) in [6.07, 6.45) is 1.72. The van der Waals surface area contributed by atoms with Gasteiger partial charge in [-0.3, -0.25) is 9.59 Å². The van der Waals surface area contributed by atoms with Gasteiger partial charge in [0.05, 0.1) is 23.5 Å². The molecule has 0 spiro atoms. The third kappa shape index (κ3) is 3.96. The number of hydrogen-bond donors (Lipinski definition) is 2. The van der Waals surface area contributed by atoms with E-state index >= 15 is 0 Å². The van der Waals surface area contributed by atoms with E-state index in [-0.39, 0.29) is 18.9 Å². The lowest BCUT2D eigenvalue weighted by Crippen LogP contribution is -2.34. The van der Waals surface area contributed by atoms with Gasteiger partial charge in [0.25, 0.3) is 0 Å². The lowest BCUT2D eigenvalue weighted by Gasteiger charge is -2.23. The minimum Gasteiger partial charge on any atom is -0.481 e. The summed E-state index contributed by atoms with van der Waals surface area (Å²) in [5.41, 5.74) is 6.85. The molecule has 6 heteroatoms. The quantitative estimate of drug-likeness (QED) is 0.763. The third-order valence-corrected chi connectivity index (χ3v) is 2.88. The Labute approximate surface area is 110 Å². The summed E-state index contributed by atoms with van der Waals surface area (Å²) in [6, 6.07) is 6.95. The summed E-state index contributed by atoms with van der Waals surface area (Å²) in [4.78, 5) is 24.0. The van der Waals surface area contributed by atoms with Crippen LogP contribution in [0.15, 0.2) is 24.3 Å². The van der Waals surface area contributed by atoms with Crippen molar-refractivity contribution in [1.29, 1.82) is 0 Å². The van der Waals surface area contributed by atoms with Crippen LogP contribution in [-0.2, 0) is 9.59 Å². The zero-order valence-corrected chi connectivity index (χ0v) is 10.9. The highest BCUT2D eigenvalue weighted by molar-refractivity contribution is 7.99. The highest BCUT2D eigenvalue weighted by atomic mass is 32.2. The molecule has 98 valence electrons. The number of nitrogens with zero attached hydrogens (tertiary/aromatic N) is 1. The van der Waals surface area contributed by atoms with E-state index in [0.717, 1.165) is 0 Å². The number of para-hydroxylation sites is 2. The van der Waals surface area contributed by atoms with Crippen LogP contribution in [0.4, 0.5) is 11.4 Å². The summed E-state index contributed by atoms with van der Waals surface area (Å²) >= 11 is 1.39. The number of carboxylic acids is 1. The maximum atomic E-state index is 12.0. The molecule has 0 aliphatic heterocycles. The zero-order valence-electron chi connectivity index (χ0n) is 10.1. The number of nitrogen functional groups attached to an aromatic ring is 1. The molecule has 0 bridgehead atoms. The third-order valence-electron chi connectivity index (χ3n) is 2.35. The molecule has 0 aromatic heterocycles. The van der Waals surface area contributed by atoms with Crippen LogP contribution in [-0.4, -0.2) is 35.5 Å². The number of nitrogens with two attached hydrogens (primary N) is 1. The minimum absolute atomic E-state index is 0.103. The van der Waals surface area contributed by atoms with Gasteiger partial charge >= 0.3 is 5.97 Å². The van der Waals surface area contributed by atoms with Gasteiger partial charge in [0.15, 0.2) is 0 Å². The highest BCUT2D eigenvalue weighted by Gasteiger charge is 2.18. The molecule has 0 saturated heterocycles. The van der Waals surface area contributed by atoms with Crippen LogP contribution in [0.25, 0.3) is 0 Å². The molecule has 3 N–H and O–H groups in total. The topological polar surface area (TPSA) is 83.6 Å². The molecule has 0 atom stereocenters. The fourth-order valence-corrected chi connectivity index (χ4v) is 1.92. The molecule has 0 unspecified atom stereocenters. The number of rotatable bonds is 6. The standard InChI is InChI=1S/C12H16N2O3S/c1-18-8-11(15)14(7-6-12(16)17)10-5-3-2-4-9(10)13/h2-5H,6-8,13H2,1H3,(H,16,17). The fourth-order valence-electron chi connectivity index (χ4n) is 1.52. The first kappa shape index (κ1) is 14.4. The van der Waals surface area contributed by atoms with E-state index in [1.165, 1.54) is 16.7 Å². The number of amides is 1. The van der Waals surface area contributed by atoms with Crippen molar-refractivity contribution in [3.8, 4) is 0 Å². The molecule has 1 aromatic rings. The van der Waals surface area contributed by atoms with Gasteiger partial charge in [-0.2, -0.15) is 11.8 Å². The Morgan fingerprint density at radius 1 is 1.39 bits per heavy atom. The first-order valence-corrected chi connectivity index (χ1v) is 6.81. The average Bonchev–Trinajstić information content (AvgIpc) is 2.31. The fraction of sp³-hybridized carbons (Fsp3) is 0.333. The first-order chi connectivity index (χ1) is 8.56. The number of aliphatic carboxylic acids is 1. The predicted molar refractivity (Wildman–Crippen MR) is 73.8 cm³/mol. The number of anilines is 2. The molecule has 1 aromatic carbocycles. The van der Waals surface area contributed by atoms with Gasteiger partial charge in [-0.25, -0.2) is 0 Å².